The molecule has 0 atom stereocenters. The first kappa shape index (κ1) is 28.3. The largest absolute Gasteiger partial charge is 0.493 e. The van der Waals surface area contributed by atoms with Crippen molar-refractivity contribution in [2.24, 2.45) is 5.41 Å². The van der Waals surface area contributed by atoms with Gasteiger partial charge in [-0.05, 0) is 61.4 Å². The van der Waals surface area contributed by atoms with Crippen LogP contribution in [0.2, 0.25) is 0 Å². The van der Waals surface area contributed by atoms with E-state index in [2.05, 4.69) is 15.6 Å². The number of anilines is 2. The Morgan fingerprint density at radius 3 is 2.21 bits per heavy atom. The number of halogens is 2. The van der Waals surface area contributed by atoms with Crippen molar-refractivity contribution in [3.63, 3.8) is 0 Å². The first-order valence-electron chi connectivity index (χ1n) is 12.9. The fourth-order valence-electron chi connectivity index (χ4n) is 4.23. The molecule has 3 aromatic carbocycles. The Bertz CT molecular complexity index is 1670. The van der Waals surface area contributed by atoms with Gasteiger partial charge in [-0.15, -0.1) is 0 Å². The number of aromatic nitrogens is 1. The van der Waals surface area contributed by atoms with Gasteiger partial charge in [0.25, 0.3) is 0 Å². The van der Waals surface area contributed by atoms with Crippen LogP contribution in [0.4, 0.5) is 20.2 Å². The zero-order valence-electron chi connectivity index (χ0n) is 22.3. The molecule has 3 N–H and O–H groups in total. The summed E-state index contributed by atoms with van der Waals surface area (Å²) in [7, 11) is 1.42. The second kappa shape index (κ2) is 11.7. The summed E-state index contributed by atoms with van der Waals surface area (Å²) in [5, 5.41) is 14.5. The molecule has 5 rings (SSSR count). The summed E-state index contributed by atoms with van der Waals surface area (Å²) in [4.78, 5) is 40.8. The highest BCUT2D eigenvalue weighted by Gasteiger charge is 2.56. The van der Waals surface area contributed by atoms with Crippen molar-refractivity contribution in [1.82, 2.24) is 4.98 Å². The second-order valence-electron chi connectivity index (χ2n) is 9.57. The molecule has 1 saturated carbocycles. The van der Waals surface area contributed by atoms with Crippen molar-refractivity contribution in [3.8, 4) is 23.0 Å². The predicted molar refractivity (Wildman–Crippen MR) is 148 cm³/mol. The van der Waals surface area contributed by atoms with Crippen LogP contribution in [0.25, 0.3) is 10.9 Å². The standard InChI is InChI=1S/C30H25F2N3O7/c1-40-25-15-20-22(16-26(25)41-13-9-27(36)37)33-12-8-23(20)42-24-7-6-19(14-21(24)32)35-29(39)30(10-11-30)28(38)34-18-4-2-17(31)3-5-18/h2-8,12,14-16H,9-11,13H2,1H3,(H,34,38)(H,35,39)(H,36,37). The fourth-order valence-corrected chi connectivity index (χ4v) is 4.23. The van der Waals surface area contributed by atoms with Crippen molar-refractivity contribution in [1.29, 1.82) is 0 Å². The van der Waals surface area contributed by atoms with E-state index in [-0.39, 0.29) is 30.2 Å². The molecule has 0 unspecified atom stereocenters. The molecule has 12 heteroatoms. The number of carbonyl (C=O) groups excluding carboxylic acids is 2. The normalized spacial score (nSPS) is 13.2. The number of hydrogen-bond acceptors (Lipinski definition) is 7. The highest BCUT2D eigenvalue weighted by molar-refractivity contribution is 6.16. The highest BCUT2D eigenvalue weighted by Crippen LogP contribution is 2.47. The summed E-state index contributed by atoms with van der Waals surface area (Å²) in [6, 6.07) is 13.8. The van der Waals surface area contributed by atoms with E-state index in [1.165, 1.54) is 49.7 Å². The summed E-state index contributed by atoms with van der Waals surface area (Å²) < 4.78 is 45.0. The number of carboxylic acid groups (broad SMARTS) is 1. The molecule has 1 fully saturated rings. The molecule has 0 saturated heterocycles. The minimum Gasteiger partial charge on any atom is -0.493 e. The minimum atomic E-state index is -1.30. The average Bonchev–Trinajstić information content (AvgIpc) is 3.78. The van der Waals surface area contributed by atoms with E-state index < -0.39 is 34.8 Å². The third-order valence-corrected chi connectivity index (χ3v) is 6.69. The lowest BCUT2D eigenvalue weighted by Gasteiger charge is -2.16. The van der Waals surface area contributed by atoms with Crippen molar-refractivity contribution in [2.75, 3.05) is 24.4 Å². The van der Waals surface area contributed by atoms with E-state index in [9.17, 15) is 18.8 Å². The maximum absolute atomic E-state index is 15.1. The number of carbonyl (C=O) groups is 3. The number of methoxy groups -OCH3 is 1. The zero-order chi connectivity index (χ0) is 29.9. The average molecular weight is 578 g/mol. The number of fused-ring (bicyclic) bond motifs is 1. The van der Waals surface area contributed by atoms with Gasteiger partial charge < -0.3 is 30.0 Å². The zero-order valence-corrected chi connectivity index (χ0v) is 22.3. The van der Waals surface area contributed by atoms with Gasteiger partial charge in [0.15, 0.2) is 23.1 Å². The second-order valence-corrected chi connectivity index (χ2v) is 9.57. The number of hydrogen-bond donors (Lipinski definition) is 3. The lowest BCUT2D eigenvalue weighted by atomic mass is 10.0. The van der Waals surface area contributed by atoms with E-state index in [0.29, 0.717) is 40.9 Å². The molecule has 1 aliphatic carbocycles. The molecule has 10 nitrogen and oxygen atoms in total. The van der Waals surface area contributed by atoms with Crippen molar-refractivity contribution < 1.29 is 42.5 Å². The fraction of sp³-hybridized carbons (Fsp3) is 0.200. The van der Waals surface area contributed by atoms with Crippen LogP contribution < -0.4 is 24.8 Å². The van der Waals surface area contributed by atoms with E-state index in [1.54, 1.807) is 18.2 Å². The lowest BCUT2D eigenvalue weighted by molar-refractivity contribution is -0.137. The molecule has 1 aliphatic rings. The molecule has 42 heavy (non-hydrogen) atoms. The Labute approximate surface area is 238 Å². The number of nitrogens with one attached hydrogen (secondary N) is 2. The molecule has 0 aliphatic heterocycles. The van der Waals surface area contributed by atoms with Gasteiger partial charge in [-0.1, -0.05) is 0 Å². The van der Waals surface area contributed by atoms with Crippen LogP contribution in [0.15, 0.2) is 66.9 Å². The third-order valence-electron chi connectivity index (χ3n) is 6.69. The summed E-state index contributed by atoms with van der Waals surface area (Å²) >= 11 is 0. The number of pyridine rings is 1. The highest BCUT2D eigenvalue weighted by atomic mass is 19.1. The molecule has 2 amide bonds. The number of aliphatic carboxylic acids is 1. The number of rotatable bonds is 11. The Morgan fingerprint density at radius 2 is 1.57 bits per heavy atom. The van der Waals surface area contributed by atoms with Gasteiger partial charge in [-0.25, -0.2) is 8.78 Å². The van der Waals surface area contributed by atoms with Crippen LogP contribution in [-0.2, 0) is 14.4 Å². The maximum Gasteiger partial charge on any atom is 0.306 e. The maximum atomic E-state index is 15.1. The molecule has 1 heterocycles. The first-order chi connectivity index (χ1) is 20.2. The lowest BCUT2D eigenvalue weighted by Crippen LogP contribution is -2.35. The van der Waals surface area contributed by atoms with Gasteiger partial charge in [0.05, 0.1) is 25.7 Å². The third kappa shape index (κ3) is 6.07. The van der Waals surface area contributed by atoms with Gasteiger partial charge in [0, 0.05) is 35.1 Å². The molecule has 216 valence electrons. The van der Waals surface area contributed by atoms with Gasteiger partial charge in [0.1, 0.15) is 17.0 Å². The summed E-state index contributed by atoms with van der Waals surface area (Å²) in [6.45, 7) is -0.0679. The van der Waals surface area contributed by atoms with Crippen molar-refractivity contribution >= 4 is 40.1 Å². The number of amides is 2. The van der Waals surface area contributed by atoms with Crippen molar-refractivity contribution in [2.45, 2.75) is 19.3 Å². The number of nitrogens with zero attached hydrogens (tertiary/aromatic N) is 1. The minimum absolute atomic E-state index is 0.0679. The monoisotopic (exact) mass is 577 g/mol. The van der Waals surface area contributed by atoms with Gasteiger partial charge in [-0.3, -0.25) is 19.4 Å². The van der Waals surface area contributed by atoms with Crippen LogP contribution in [0.3, 0.4) is 0 Å². The SMILES string of the molecule is COc1cc2c(Oc3ccc(NC(=O)C4(C(=O)Nc5ccc(F)cc5)CC4)cc3F)ccnc2cc1OCCC(=O)O. The number of benzene rings is 3. The van der Waals surface area contributed by atoms with Gasteiger partial charge >= 0.3 is 5.97 Å². The quantitative estimate of drug-likeness (QED) is 0.198. The van der Waals surface area contributed by atoms with Crippen LogP contribution in [-0.4, -0.2) is 41.6 Å². The molecular formula is C30H25F2N3O7. The van der Waals surface area contributed by atoms with E-state index in [1.807, 2.05) is 0 Å². The number of carboxylic acids is 1. The molecule has 0 radical (unpaired) electrons. The Hall–Kier alpha value is -5.26. The Balaban J connectivity index is 1.29. The van der Waals surface area contributed by atoms with Crippen LogP contribution in [0.5, 0.6) is 23.0 Å². The summed E-state index contributed by atoms with van der Waals surface area (Å²) in [5.41, 5.74) is -0.367. The van der Waals surface area contributed by atoms with E-state index in [4.69, 9.17) is 19.3 Å². The molecule has 0 spiro atoms. The van der Waals surface area contributed by atoms with Gasteiger partial charge in [0.2, 0.25) is 11.8 Å². The van der Waals surface area contributed by atoms with Crippen molar-refractivity contribution in [3.05, 3.63) is 78.5 Å². The molecule has 1 aromatic heterocycles. The van der Waals surface area contributed by atoms with Crippen LogP contribution in [0.1, 0.15) is 19.3 Å². The summed E-state index contributed by atoms with van der Waals surface area (Å²) in [6.07, 6.45) is 1.91. The number of ether oxygens (including phenoxy) is 3. The molecular weight excluding hydrogens is 552 g/mol. The first-order valence-corrected chi connectivity index (χ1v) is 12.9. The molecule has 4 aromatic rings. The Kier molecular flexibility index (Phi) is 7.87. The topological polar surface area (TPSA) is 136 Å². The van der Waals surface area contributed by atoms with E-state index >= 15 is 4.39 Å². The summed E-state index contributed by atoms with van der Waals surface area (Å²) in [5.74, 6) is -2.59. The van der Waals surface area contributed by atoms with Crippen LogP contribution in [0, 0.1) is 17.0 Å². The smallest absolute Gasteiger partial charge is 0.306 e. The van der Waals surface area contributed by atoms with Gasteiger partial charge in [-0.2, -0.15) is 0 Å². The Morgan fingerprint density at radius 1 is 0.881 bits per heavy atom. The predicted octanol–water partition coefficient (Wildman–Crippen LogP) is 5.52. The van der Waals surface area contributed by atoms with E-state index in [0.717, 1.165) is 6.07 Å². The molecule has 0 bridgehead atoms. The van der Waals surface area contributed by atoms with Crippen LogP contribution >= 0.6 is 0 Å².